The van der Waals surface area contributed by atoms with Gasteiger partial charge in [-0.15, -0.1) is 11.8 Å². The van der Waals surface area contributed by atoms with Crippen molar-refractivity contribution in [2.75, 3.05) is 6.26 Å². The van der Waals surface area contributed by atoms with Crippen LogP contribution in [0, 0.1) is 6.92 Å². The molecule has 0 aliphatic rings. The van der Waals surface area contributed by atoms with Crippen LogP contribution in [0.25, 0.3) is 0 Å². The van der Waals surface area contributed by atoms with Gasteiger partial charge in [-0.05, 0) is 30.9 Å². The smallest absolute Gasteiger partial charge is 0.282 e. The molecule has 13 heavy (non-hydrogen) atoms. The predicted octanol–water partition coefficient (Wildman–Crippen LogP) is 1.96. The predicted molar refractivity (Wildman–Crippen MR) is 52.8 cm³/mol. The first kappa shape index (κ1) is 10.6. The molecule has 0 bridgehead atoms. The summed E-state index contributed by atoms with van der Waals surface area (Å²) >= 11 is 1.30. The van der Waals surface area contributed by atoms with Crippen molar-refractivity contribution in [1.29, 1.82) is 0 Å². The van der Waals surface area contributed by atoms with Crippen molar-refractivity contribution < 1.29 is 13.0 Å². The average Bonchev–Trinajstić information content (AvgIpc) is 2.01. The van der Waals surface area contributed by atoms with Crippen LogP contribution in [0.5, 0.6) is 0 Å². The van der Waals surface area contributed by atoms with Crippen LogP contribution in [0.3, 0.4) is 0 Å². The Balaban J connectivity index is 3.39. The molecule has 1 aromatic carbocycles. The van der Waals surface area contributed by atoms with Gasteiger partial charge < -0.3 is 0 Å². The molecule has 0 saturated heterocycles. The lowest BCUT2D eigenvalue weighted by Crippen LogP contribution is -2.00. The Bertz CT molecular complexity index is 409. The van der Waals surface area contributed by atoms with Crippen molar-refractivity contribution in [2.45, 2.75) is 16.7 Å². The van der Waals surface area contributed by atoms with Crippen LogP contribution in [0.1, 0.15) is 5.56 Å². The molecule has 0 aliphatic carbocycles. The molecular formula is C8H10O3S2. The van der Waals surface area contributed by atoms with Gasteiger partial charge in [-0.25, -0.2) is 0 Å². The largest absolute Gasteiger partial charge is 0.295 e. The van der Waals surface area contributed by atoms with Gasteiger partial charge in [0.2, 0.25) is 0 Å². The maximum Gasteiger partial charge on any atom is 0.295 e. The third-order valence-corrected chi connectivity index (χ3v) is 3.42. The Labute approximate surface area is 81.9 Å². The molecule has 0 amide bonds. The van der Waals surface area contributed by atoms with Crippen molar-refractivity contribution in [3.05, 3.63) is 23.8 Å². The fourth-order valence-electron chi connectivity index (χ4n) is 0.988. The number of hydrogen-bond acceptors (Lipinski definition) is 3. The summed E-state index contributed by atoms with van der Waals surface area (Å²) in [7, 11) is -4.08. The van der Waals surface area contributed by atoms with E-state index >= 15 is 0 Å². The Morgan fingerprint density at radius 2 is 2.00 bits per heavy atom. The summed E-state index contributed by atoms with van der Waals surface area (Å²) < 4.78 is 30.6. The van der Waals surface area contributed by atoms with E-state index in [-0.39, 0.29) is 4.90 Å². The molecule has 1 aromatic rings. The normalized spacial score (nSPS) is 11.6. The van der Waals surface area contributed by atoms with Crippen LogP contribution in [-0.4, -0.2) is 19.2 Å². The monoisotopic (exact) mass is 218 g/mol. The standard InChI is InChI=1S/C8H10O3S2/c1-6-3-4-8(13(9,10)11)7(5-6)12-2/h3-5H,1-2H3,(H,9,10,11). The van der Waals surface area contributed by atoms with Gasteiger partial charge in [-0.2, -0.15) is 8.42 Å². The number of benzene rings is 1. The fraction of sp³-hybridized carbons (Fsp3) is 0.250. The van der Waals surface area contributed by atoms with E-state index in [9.17, 15) is 8.42 Å². The first-order valence-electron chi connectivity index (χ1n) is 3.57. The number of hydrogen-bond donors (Lipinski definition) is 1. The topological polar surface area (TPSA) is 54.4 Å². The molecule has 1 rings (SSSR count). The maximum atomic E-state index is 10.9. The molecular weight excluding hydrogens is 208 g/mol. The van der Waals surface area contributed by atoms with Crippen LogP contribution >= 0.6 is 11.8 Å². The Morgan fingerprint density at radius 1 is 1.38 bits per heavy atom. The third kappa shape index (κ3) is 2.46. The number of rotatable bonds is 2. The van der Waals surface area contributed by atoms with E-state index in [1.54, 1.807) is 18.4 Å². The van der Waals surface area contributed by atoms with E-state index in [1.165, 1.54) is 17.8 Å². The van der Waals surface area contributed by atoms with E-state index in [0.717, 1.165) is 5.56 Å². The van der Waals surface area contributed by atoms with Gasteiger partial charge in [0.1, 0.15) is 4.90 Å². The molecule has 0 unspecified atom stereocenters. The molecule has 0 atom stereocenters. The lowest BCUT2D eigenvalue weighted by molar-refractivity contribution is 0.481. The highest BCUT2D eigenvalue weighted by Gasteiger charge is 2.14. The van der Waals surface area contributed by atoms with E-state index < -0.39 is 10.1 Å². The summed E-state index contributed by atoms with van der Waals surface area (Å²) in [5.74, 6) is 0. The van der Waals surface area contributed by atoms with Crippen molar-refractivity contribution in [2.24, 2.45) is 0 Å². The Kier molecular flexibility index (Phi) is 3.00. The van der Waals surface area contributed by atoms with Gasteiger partial charge in [0.05, 0.1) is 0 Å². The molecule has 0 aromatic heterocycles. The van der Waals surface area contributed by atoms with E-state index in [0.29, 0.717) is 4.90 Å². The van der Waals surface area contributed by atoms with Crippen molar-refractivity contribution in [1.82, 2.24) is 0 Å². The molecule has 1 N–H and O–H groups in total. The minimum atomic E-state index is -4.08. The molecule has 5 heteroatoms. The van der Waals surface area contributed by atoms with Crippen LogP contribution in [0.4, 0.5) is 0 Å². The molecule has 3 nitrogen and oxygen atoms in total. The van der Waals surface area contributed by atoms with Crippen LogP contribution in [-0.2, 0) is 10.1 Å². The van der Waals surface area contributed by atoms with Gasteiger partial charge in [0.15, 0.2) is 0 Å². The zero-order valence-corrected chi connectivity index (χ0v) is 8.95. The van der Waals surface area contributed by atoms with Crippen molar-refractivity contribution in [3.8, 4) is 0 Å². The van der Waals surface area contributed by atoms with Crippen LogP contribution in [0.15, 0.2) is 28.0 Å². The highest BCUT2D eigenvalue weighted by molar-refractivity contribution is 7.99. The Hall–Kier alpha value is -0.520. The van der Waals surface area contributed by atoms with Gasteiger partial charge in [0, 0.05) is 4.90 Å². The highest BCUT2D eigenvalue weighted by Crippen LogP contribution is 2.25. The molecule has 0 saturated carbocycles. The zero-order chi connectivity index (χ0) is 10.1. The van der Waals surface area contributed by atoms with Crippen molar-refractivity contribution >= 4 is 21.9 Å². The lowest BCUT2D eigenvalue weighted by atomic mass is 10.2. The van der Waals surface area contributed by atoms with Gasteiger partial charge in [-0.3, -0.25) is 4.55 Å². The quantitative estimate of drug-likeness (QED) is 0.609. The first-order chi connectivity index (χ1) is 5.95. The molecule has 0 radical (unpaired) electrons. The third-order valence-electron chi connectivity index (χ3n) is 1.60. The Morgan fingerprint density at radius 3 is 2.46 bits per heavy atom. The first-order valence-corrected chi connectivity index (χ1v) is 6.24. The zero-order valence-electron chi connectivity index (χ0n) is 7.31. The molecule has 0 fully saturated rings. The van der Waals surface area contributed by atoms with E-state index in [1.807, 2.05) is 6.92 Å². The molecule has 0 spiro atoms. The second kappa shape index (κ2) is 3.69. The van der Waals surface area contributed by atoms with Crippen LogP contribution in [0.2, 0.25) is 0 Å². The summed E-state index contributed by atoms with van der Waals surface area (Å²) in [6.45, 7) is 1.87. The SMILES string of the molecule is CSc1cc(C)ccc1S(=O)(=O)O. The second-order valence-corrected chi connectivity index (χ2v) is 4.87. The summed E-state index contributed by atoms with van der Waals surface area (Å²) in [4.78, 5) is 0.549. The van der Waals surface area contributed by atoms with Gasteiger partial charge in [-0.1, -0.05) is 6.07 Å². The highest BCUT2D eigenvalue weighted by atomic mass is 32.2. The fourth-order valence-corrected chi connectivity index (χ4v) is 2.68. The van der Waals surface area contributed by atoms with Gasteiger partial charge >= 0.3 is 0 Å². The van der Waals surface area contributed by atoms with E-state index in [2.05, 4.69) is 0 Å². The van der Waals surface area contributed by atoms with Gasteiger partial charge in [0.25, 0.3) is 10.1 Å². The summed E-state index contributed by atoms with van der Waals surface area (Å²) in [5.41, 5.74) is 0.969. The summed E-state index contributed by atoms with van der Waals surface area (Å²) in [6, 6.07) is 4.80. The second-order valence-electron chi connectivity index (χ2n) is 2.63. The molecule has 0 aliphatic heterocycles. The minimum Gasteiger partial charge on any atom is -0.282 e. The number of aryl methyl sites for hydroxylation is 1. The summed E-state index contributed by atoms with van der Waals surface area (Å²) in [6.07, 6.45) is 1.77. The average molecular weight is 218 g/mol. The number of thioether (sulfide) groups is 1. The molecule has 0 heterocycles. The maximum absolute atomic E-state index is 10.9. The minimum absolute atomic E-state index is 0.0226. The van der Waals surface area contributed by atoms with E-state index in [4.69, 9.17) is 4.55 Å². The van der Waals surface area contributed by atoms with Crippen LogP contribution < -0.4 is 0 Å². The lowest BCUT2D eigenvalue weighted by Gasteiger charge is -2.04. The summed E-state index contributed by atoms with van der Waals surface area (Å²) in [5, 5.41) is 0. The van der Waals surface area contributed by atoms with Crippen molar-refractivity contribution in [3.63, 3.8) is 0 Å². The molecule has 72 valence electrons.